The van der Waals surface area contributed by atoms with Crippen LogP contribution in [0.25, 0.3) is 0 Å². The highest BCUT2D eigenvalue weighted by molar-refractivity contribution is 7.89. The van der Waals surface area contributed by atoms with Crippen LogP contribution in [-0.2, 0) is 23.0 Å². The Balaban J connectivity index is 1.56. The molecule has 0 atom stereocenters. The molecule has 0 N–H and O–H groups in total. The van der Waals surface area contributed by atoms with Gasteiger partial charge in [-0.05, 0) is 48.6 Å². The second kappa shape index (κ2) is 7.44. The third-order valence-electron chi connectivity index (χ3n) is 5.45. The molecule has 1 amide bonds. The maximum Gasteiger partial charge on any atom is 0.254 e. The number of benzene rings is 2. The number of sulfonamides is 1. The predicted octanol–water partition coefficient (Wildman–Crippen LogP) is 3.06. The van der Waals surface area contributed by atoms with Crippen molar-refractivity contribution in [2.75, 3.05) is 19.6 Å². The lowest BCUT2D eigenvalue weighted by Crippen LogP contribution is -2.37. The van der Waals surface area contributed by atoms with Crippen LogP contribution in [0.15, 0.2) is 53.4 Å². The Hall–Kier alpha value is -2.18. The van der Waals surface area contributed by atoms with Crippen LogP contribution < -0.4 is 0 Å². The first-order chi connectivity index (χ1) is 13.1. The van der Waals surface area contributed by atoms with Crippen molar-refractivity contribution >= 4 is 15.9 Å². The summed E-state index contributed by atoms with van der Waals surface area (Å²) >= 11 is 0. The first kappa shape index (κ1) is 18.2. The standard InChI is InChI=1S/C21H24N2O3S/c24-21(22-14-11-17-7-2-3-8-19(17)16-22)18-9-6-10-20(15-18)27(25,26)23-12-4-1-5-13-23/h2-3,6-10,15H,1,4-5,11-14,16H2. The second-order valence-corrected chi connectivity index (χ2v) is 9.18. The zero-order chi connectivity index (χ0) is 18.9. The lowest BCUT2D eigenvalue weighted by atomic mass is 9.99. The normalized spacial score (nSPS) is 18.1. The molecule has 2 heterocycles. The number of hydrogen-bond donors (Lipinski definition) is 0. The quantitative estimate of drug-likeness (QED) is 0.817. The fourth-order valence-electron chi connectivity index (χ4n) is 3.90. The fourth-order valence-corrected chi connectivity index (χ4v) is 5.46. The smallest absolute Gasteiger partial charge is 0.254 e. The van der Waals surface area contributed by atoms with E-state index in [-0.39, 0.29) is 10.8 Å². The van der Waals surface area contributed by atoms with Crippen LogP contribution in [0.1, 0.15) is 40.7 Å². The van der Waals surface area contributed by atoms with E-state index in [1.807, 2.05) is 18.2 Å². The van der Waals surface area contributed by atoms with Crippen molar-refractivity contribution in [2.45, 2.75) is 37.1 Å². The molecule has 1 fully saturated rings. The van der Waals surface area contributed by atoms with Crippen LogP contribution in [0.4, 0.5) is 0 Å². The highest BCUT2D eigenvalue weighted by Gasteiger charge is 2.27. The van der Waals surface area contributed by atoms with Crippen molar-refractivity contribution in [3.05, 3.63) is 65.2 Å². The molecule has 2 aromatic carbocycles. The Morgan fingerprint density at radius 1 is 0.852 bits per heavy atom. The van der Waals surface area contributed by atoms with E-state index in [4.69, 9.17) is 0 Å². The Morgan fingerprint density at radius 3 is 2.37 bits per heavy atom. The van der Waals surface area contributed by atoms with Gasteiger partial charge < -0.3 is 4.90 Å². The third-order valence-corrected chi connectivity index (χ3v) is 7.35. The van der Waals surface area contributed by atoms with Crippen molar-refractivity contribution < 1.29 is 13.2 Å². The first-order valence-corrected chi connectivity index (χ1v) is 11.0. The van der Waals surface area contributed by atoms with Crippen molar-refractivity contribution in [1.29, 1.82) is 0 Å². The van der Waals surface area contributed by atoms with Crippen LogP contribution in [0, 0.1) is 0 Å². The summed E-state index contributed by atoms with van der Waals surface area (Å²) < 4.78 is 27.3. The Bertz CT molecular complexity index is 949. The summed E-state index contributed by atoms with van der Waals surface area (Å²) in [7, 11) is -3.53. The van der Waals surface area contributed by atoms with Gasteiger partial charge in [0.1, 0.15) is 0 Å². The van der Waals surface area contributed by atoms with Crippen molar-refractivity contribution in [2.24, 2.45) is 0 Å². The summed E-state index contributed by atoms with van der Waals surface area (Å²) in [5, 5.41) is 0. The largest absolute Gasteiger partial charge is 0.334 e. The molecule has 5 nitrogen and oxygen atoms in total. The Morgan fingerprint density at radius 2 is 1.59 bits per heavy atom. The molecule has 0 saturated carbocycles. The molecule has 142 valence electrons. The maximum absolute atomic E-state index is 13.0. The van der Waals surface area contributed by atoms with Gasteiger partial charge in [-0.2, -0.15) is 4.31 Å². The zero-order valence-corrected chi connectivity index (χ0v) is 16.1. The van der Waals surface area contributed by atoms with E-state index in [2.05, 4.69) is 6.07 Å². The van der Waals surface area contributed by atoms with Crippen molar-refractivity contribution in [3.8, 4) is 0 Å². The second-order valence-electron chi connectivity index (χ2n) is 7.24. The SMILES string of the molecule is O=C(c1cccc(S(=O)(=O)N2CCCCC2)c1)N1CCc2ccccc2C1. The van der Waals surface area contributed by atoms with Gasteiger partial charge in [0.05, 0.1) is 4.90 Å². The predicted molar refractivity (Wildman–Crippen MR) is 104 cm³/mol. The fraction of sp³-hybridized carbons (Fsp3) is 0.381. The monoisotopic (exact) mass is 384 g/mol. The van der Waals surface area contributed by atoms with Gasteiger partial charge in [-0.15, -0.1) is 0 Å². The summed E-state index contributed by atoms with van der Waals surface area (Å²) in [6.45, 7) is 2.34. The number of hydrogen-bond acceptors (Lipinski definition) is 3. The third kappa shape index (κ3) is 3.64. The number of rotatable bonds is 3. The molecule has 2 aliphatic rings. The van der Waals surface area contributed by atoms with Gasteiger partial charge in [0.15, 0.2) is 0 Å². The molecular weight excluding hydrogens is 360 g/mol. The number of fused-ring (bicyclic) bond motifs is 1. The minimum absolute atomic E-state index is 0.111. The van der Waals surface area contributed by atoms with Gasteiger partial charge >= 0.3 is 0 Å². The summed E-state index contributed by atoms with van der Waals surface area (Å²) in [6.07, 6.45) is 3.69. The first-order valence-electron chi connectivity index (χ1n) is 9.52. The van der Waals surface area contributed by atoms with E-state index in [9.17, 15) is 13.2 Å². The highest BCUT2D eigenvalue weighted by Crippen LogP contribution is 2.24. The molecule has 0 aromatic heterocycles. The molecule has 4 rings (SSSR count). The van der Waals surface area contributed by atoms with Crippen LogP contribution >= 0.6 is 0 Å². The highest BCUT2D eigenvalue weighted by atomic mass is 32.2. The van der Waals surface area contributed by atoms with Crippen molar-refractivity contribution in [1.82, 2.24) is 9.21 Å². The number of piperidine rings is 1. The van der Waals surface area contributed by atoms with Crippen LogP contribution in [-0.4, -0.2) is 43.2 Å². The summed E-state index contributed by atoms with van der Waals surface area (Å²) in [6, 6.07) is 14.7. The lowest BCUT2D eigenvalue weighted by molar-refractivity contribution is 0.0734. The van der Waals surface area contributed by atoms with Crippen LogP contribution in [0.3, 0.4) is 0 Å². The Labute approximate surface area is 160 Å². The minimum Gasteiger partial charge on any atom is -0.334 e. The Kier molecular flexibility index (Phi) is 5.02. The van der Waals surface area contributed by atoms with Crippen LogP contribution in [0.5, 0.6) is 0 Å². The molecule has 0 bridgehead atoms. The number of carbonyl (C=O) groups is 1. The molecule has 0 radical (unpaired) electrons. The van der Waals surface area contributed by atoms with E-state index >= 15 is 0 Å². The zero-order valence-electron chi connectivity index (χ0n) is 15.3. The molecule has 2 aromatic rings. The topological polar surface area (TPSA) is 57.7 Å². The summed E-state index contributed by atoms with van der Waals surface area (Å²) in [5.41, 5.74) is 2.88. The van der Waals surface area contributed by atoms with Crippen molar-refractivity contribution in [3.63, 3.8) is 0 Å². The van der Waals surface area contributed by atoms with Crippen LogP contribution in [0.2, 0.25) is 0 Å². The molecule has 0 unspecified atom stereocenters. The molecule has 2 aliphatic heterocycles. The maximum atomic E-state index is 13.0. The molecule has 1 saturated heterocycles. The molecule has 27 heavy (non-hydrogen) atoms. The molecule has 0 spiro atoms. The van der Waals surface area contributed by atoms with E-state index in [1.165, 1.54) is 15.9 Å². The van der Waals surface area contributed by atoms with E-state index in [0.717, 1.165) is 31.2 Å². The average molecular weight is 385 g/mol. The van der Waals surface area contributed by atoms with Gasteiger partial charge in [0.25, 0.3) is 5.91 Å². The van der Waals surface area contributed by atoms with E-state index < -0.39 is 10.0 Å². The number of nitrogens with zero attached hydrogens (tertiary/aromatic N) is 2. The number of amides is 1. The minimum atomic E-state index is -3.53. The van der Waals surface area contributed by atoms with Gasteiger partial charge in [0.2, 0.25) is 10.0 Å². The molecule has 0 aliphatic carbocycles. The van der Waals surface area contributed by atoms with Gasteiger partial charge in [-0.1, -0.05) is 36.8 Å². The lowest BCUT2D eigenvalue weighted by Gasteiger charge is -2.29. The van der Waals surface area contributed by atoms with Gasteiger partial charge in [0, 0.05) is 31.7 Å². The average Bonchev–Trinajstić information content (AvgIpc) is 2.73. The van der Waals surface area contributed by atoms with Gasteiger partial charge in [-0.25, -0.2) is 8.42 Å². The van der Waals surface area contributed by atoms with E-state index in [0.29, 0.717) is 31.7 Å². The van der Waals surface area contributed by atoms with Gasteiger partial charge in [-0.3, -0.25) is 4.79 Å². The molecular formula is C21H24N2O3S. The summed E-state index contributed by atoms with van der Waals surface area (Å²) in [5.74, 6) is -0.111. The molecule has 6 heteroatoms. The summed E-state index contributed by atoms with van der Waals surface area (Å²) in [4.78, 5) is 15.0. The van der Waals surface area contributed by atoms with E-state index in [1.54, 1.807) is 23.1 Å². The number of carbonyl (C=O) groups excluding carboxylic acids is 1.